The Morgan fingerprint density at radius 3 is 2.53 bits per heavy atom. The lowest BCUT2D eigenvalue weighted by Crippen LogP contribution is -2.34. The highest BCUT2D eigenvalue weighted by atomic mass is 16.5. The molecule has 0 saturated carbocycles. The summed E-state index contributed by atoms with van der Waals surface area (Å²) in [6, 6.07) is 14.1. The molecule has 3 heterocycles. The van der Waals surface area contributed by atoms with Crippen molar-refractivity contribution in [3.05, 3.63) is 93.7 Å². The maximum atomic E-state index is 9.38. The van der Waals surface area contributed by atoms with Crippen LogP contribution >= 0.6 is 0 Å². The van der Waals surface area contributed by atoms with Crippen LogP contribution in [0.3, 0.4) is 0 Å². The minimum absolute atomic E-state index is 0.0787. The molecule has 2 aromatic carbocycles. The van der Waals surface area contributed by atoms with E-state index >= 15 is 0 Å². The minimum atomic E-state index is 0.0787. The highest BCUT2D eigenvalue weighted by molar-refractivity contribution is 5.85. The van der Waals surface area contributed by atoms with E-state index in [-0.39, 0.29) is 5.70 Å². The Morgan fingerprint density at radius 1 is 1.10 bits per heavy atom. The Kier molecular flexibility index (Phi) is 4.62. The molecule has 3 aliphatic rings. The number of ether oxygens (including phenoxy) is 1. The fraction of sp³-hybridized carbons (Fsp3) is 0.231. The molecule has 2 aromatic rings. The molecule has 0 fully saturated rings. The van der Waals surface area contributed by atoms with Gasteiger partial charge in [0.25, 0.3) is 5.70 Å². The first-order valence-electron chi connectivity index (χ1n) is 10.4. The van der Waals surface area contributed by atoms with Crippen molar-refractivity contribution in [3.8, 4) is 11.8 Å². The highest BCUT2D eigenvalue weighted by Crippen LogP contribution is 2.38. The third-order valence-corrected chi connectivity index (χ3v) is 5.96. The van der Waals surface area contributed by atoms with Gasteiger partial charge in [0.05, 0.1) is 12.6 Å². The van der Waals surface area contributed by atoms with Gasteiger partial charge in [-0.3, -0.25) is 0 Å². The first-order chi connectivity index (χ1) is 14.8. The monoisotopic (exact) mass is 391 g/mol. The Labute approximate surface area is 176 Å². The SMILES string of the molecule is [C-]#[N+]/C(C#N)=C1C=C(/C=C/c2cc3c4c(c2)CCCN4CCC3)Oc2ccccc2\1. The van der Waals surface area contributed by atoms with Gasteiger partial charge >= 0.3 is 0 Å². The third-order valence-electron chi connectivity index (χ3n) is 5.96. The Hall–Kier alpha value is -3.76. The normalized spacial score (nSPS) is 18.5. The Balaban J connectivity index is 1.52. The topological polar surface area (TPSA) is 40.6 Å². The molecule has 0 saturated heterocycles. The molecule has 146 valence electrons. The predicted octanol–water partition coefficient (Wildman–Crippen LogP) is 5.53. The number of hydrogen-bond acceptors (Lipinski definition) is 3. The number of para-hydroxylation sites is 1. The van der Waals surface area contributed by atoms with Gasteiger partial charge in [-0.05, 0) is 72.7 Å². The molecule has 4 nitrogen and oxygen atoms in total. The molecular formula is C26H21N3O. The summed E-state index contributed by atoms with van der Waals surface area (Å²) in [4.78, 5) is 5.95. The van der Waals surface area contributed by atoms with Crippen molar-refractivity contribution in [2.24, 2.45) is 0 Å². The summed E-state index contributed by atoms with van der Waals surface area (Å²) in [6.07, 6.45) is 10.5. The molecule has 0 radical (unpaired) electrons. The molecule has 3 aliphatic heterocycles. The molecule has 0 unspecified atom stereocenters. The standard InChI is InChI=1S/C26H21N3O/c1-28-24(17-27)23-16-21(30-25-9-3-2-8-22(23)25)11-10-18-14-19-6-4-12-29-13-5-7-20(15-18)26(19)29/h2-3,8-11,14-16H,4-7,12-13H2/b11-10+,24-23+. The number of hydrogen-bond donors (Lipinski definition) is 0. The van der Waals surface area contributed by atoms with Gasteiger partial charge in [0.1, 0.15) is 11.5 Å². The molecule has 30 heavy (non-hydrogen) atoms. The van der Waals surface area contributed by atoms with Crippen LogP contribution in [0.4, 0.5) is 5.69 Å². The van der Waals surface area contributed by atoms with Crippen LogP contribution in [-0.4, -0.2) is 13.1 Å². The van der Waals surface area contributed by atoms with Gasteiger partial charge in [0.15, 0.2) is 0 Å². The van der Waals surface area contributed by atoms with Crippen molar-refractivity contribution in [1.82, 2.24) is 0 Å². The number of benzene rings is 2. The second-order valence-electron chi connectivity index (χ2n) is 7.85. The molecule has 0 amide bonds. The summed E-state index contributed by atoms with van der Waals surface area (Å²) in [7, 11) is 0. The van der Waals surface area contributed by atoms with Gasteiger partial charge in [-0.15, -0.1) is 0 Å². The van der Waals surface area contributed by atoms with Crippen LogP contribution in [0.25, 0.3) is 16.5 Å². The van der Waals surface area contributed by atoms with E-state index in [9.17, 15) is 5.26 Å². The molecule has 0 spiro atoms. The number of rotatable bonds is 2. The second-order valence-corrected chi connectivity index (χ2v) is 7.85. The molecule has 5 rings (SSSR count). The van der Waals surface area contributed by atoms with E-state index in [0.29, 0.717) is 17.1 Å². The Morgan fingerprint density at radius 2 is 1.83 bits per heavy atom. The number of fused-ring (bicyclic) bond motifs is 1. The first-order valence-corrected chi connectivity index (χ1v) is 10.4. The van der Waals surface area contributed by atoms with E-state index in [2.05, 4.69) is 28.0 Å². The summed E-state index contributed by atoms with van der Waals surface area (Å²) >= 11 is 0. The van der Waals surface area contributed by atoms with E-state index in [4.69, 9.17) is 11.3 Å². The van der Waals surface area contributed by atoms with E-state index in [1.54, 1.807) is 6.08 Å². The van der Waals surface area contributed by atoms with E-state index in [0.717, 1.165) is 18.4 Å². The summed E-state index contributed by atoms with van der Waals surface area (Å²) < 4.78 is 6.04. The molecule has 4 heteroatoms. The van der Waals surface area contributed by atoms with Crippen LogP contribution in [0.1, 0.15) is 35.1 Å². The largest absolute Gasteiger partial charge is 0.457 e. The van der Waals surface area contributed by atoms with Crippen molar-refractivity contribution < 1.29 is 4.74 Å². The zero-order valence-corrected chi connectivity index (χ0v) is 16.7. The van der Waals surface area contributed by atoms with Crippen molar-refractivity contribution in [2.75, 3.05) is 18.0 Å². The molecular weight excluding hydrogens is 370 g/mol. The quantitative estimate of drug-likeness (QED) is 0.499. The smallest absolute Gasteiger partial charge is 0.269 e. The number of nitriles is 1. The average Bonchev–Trinajstić information content (AvgIpc) is 2.79. The molecule has 0 N–H and O–H groups in total. The number of aryl methyl sites for hydroxylation is 2. The minimum Gasteiger partial charge on any atom is -0.457 e. The highest BCUT2D eigenvalue weighted by Gasteiger charge is 2.24. The van der Waals surface area contributed by atoms with Gasteiger partial charge < -0.3 is 9.64 Å². The van der Waals surface area contributed by atoms with Crippen LogP contribution in [0.5, 0.6) is 5.75 Å². The molecule has 0 atom stereocenters. The lowest BCUT2D eigenvalue weighted by atomic mass is 9.90. The average molecular weight is 391 g/mol. The van der Waals surface area contributed by atoms with Gasteiger partial charge in [-0.25, -0.2) is 10.1 Å². The fourth-order valence-electron chi connectivity index (χ4n) is 4.68. The predicted molar refractivity (Wildman–Crippen MR) is 119 cm³/mol. The van der Waals surface area contributed by atoms with Crippen molar-refractivity contribution >= 4 is 17.3 Å². The lowest BCUT2D eigenvalue weighted by molar-refractivity contribution is 0.439. The van der Waals surface area contributed by atoms with Crippen molar-refractivity contribution in [2.45, 2.75) is 25.7 Å². The van der Waals surface area contributed by atoms with Gasteiger partial charge in [0.2, 0.25) is 0 Å². The van der Waals surface area contributed by atoms with Crippen molar-refractivity contribution in [1.29, 1.82) is 5.26 Å². The number of nitrogens with zero attached hydrogens (tertiary/aromatic N) is 3. The Bertz CT molecular complexity index is 1160. The zero-order valence-electron chi connectivity index (χ0n) is 16.7. The summed E-state index contributed by atoms with van der Waals surface area (Å²) in [6.45, 7) is 9.69. The van der Waals surface area contributed by atoms with Gasteiger partial charge in [-0.1, -0.05) is 24.3 Å². The molecule has 0 bridgehead atoms. The van der Waals surface area contributed by atoms with Crippen LogP contribution in [0, 0.1) is 17.9 Å². The summed E-state index contributed by atoms with van der Waals surface area (Å²) in [5.74, 6) is 1.30. The summed E-state index contributed by atoms with van der Waals surface area (Å²) in [5, 5.41) is 9.38. The molecule has 0 aromatic heterocycles. The summed E-state index contributed by atoms with van der Waals surface area (Å²) in [5.41, 5.74) is 7.00. The third kappa shape index (κ3) is 3.17. The molecule has 0 aliphatic carbocycles. The lowest BCUT2D eigenvalue weighted by Gasteiger charge is -2.37. The number of allylic oxidation sites excluding steroid dienone is 4. The fourth-order valence-corrected chi connectivity index (χ4v) is 4.68. The van der Waals surface area contributed by atoms with Crippen molar-refractivity contribution in [3.63, 3.8) is 0 Å². The van der Waals surface area contributed by atoms with E-state index in [1.807, 2.05) is 36.4 Å². The van der Waals surface area contributed by atoms with Gasteiger partial charge in [-0.2, -0.15) is 0 Å². The van der Waals surface area contributed by atoms with Crippen LogP contribution < -0.4 is 9.64 Å². The number of anilines is 1. The zero-order chi connectivity index (χ0) is 20.5. The van der Waals surface area contributed by atoms with E-state index in [1.165, 1.54) is 48.3 Å². The van der Waals surface area contributed by atoms with Crippen LogP contribution in [-0.2, 0) is 12.8 Å². The maximum Gasteiger partial charge on any atom is 0.269 e. The van der Waals surface area contributed by atoms with E-state index < -0.39 is 0 Å². The van der Waals surface area contributed by atoms with Crippen LogP contribution in [0.15, 0.2) is 60.0 Å². The van der Waals surface area contributed by atoms with Gasteiger partial charge in [0, 0.05) is 29.9 Å². The maximum absolute atomic E-state index is 9.38. The van der Waals surface area contributed by atoms with Crippen LogP contribution in [0.2, 0.25) is 0 Å². The second kappa shape index (κ2) is 7.58. The first kappa shape index (κ1) is 18.3.